The molecular weight excluding hydrogens is 344 g/mol. The number of benzene rings is 1. The number of hydrogen-bond acceptors (Lipinski definition) is 6. The second-order valence-electron chi connectivity index (χ2n) is 8.02. The van der Waals surface area contributed by atoms with Crippen molar-refractivity contribution in [3.05, 3.63) is 57.9 Å². The maximum Gasteiger partial charge on any atom is 0.337 e. The quantitative estimate of drug-likeness (QED) is 0.810. The van der Waals surface area contributed by atoms with Gasteiger partial charge in [0.25, 0.3) is 0 Å². The Balaban J connectivity index is 1.85. The van der Waals surface area contributed by atoms with E-state index in [1.165, 1.54) is 7.11 Å². The molecule has 2 heterocycles. The number of carbonyl (C=O) groups is 2. The third-order valence-corrected chi connectivity index (χ3v) is 5.34. The summed E-state index contributed by atoms with van der Waals surface area (Å²) in [6, 6.07) is 7.19. The summed E-state index contributed by atoms with van der Waals surface area (Å²) in [6.45, 7) is 6.07. The zero-order valence-corrected chi connectivity index (χ0v) is 15.9. The number of esters is 1. The highest BCUT2D eigenvalue weighted by atomic mass is 16.5. The van der Waals surface area contributed by atoms with E-state index in [1.807, 2.05) is 19.1 Å². The summed E-state index contributed by atoms with van der Waals surface area (Å²) in [6.07, 6.45) is 1.27. The van der Waals surface area contributed by atoms with Gasteiger partial charge in [-0.2, -0.15) is 0 Å². The summed E-state index contributed by atoms with van der Waals surface area (Å²) in [5.41, 5.74) is 4.62. The Kier molecular flexibility index (Phi) is 3.94. The van der Waals surface area contributed by atoms with Gasteiger partial charge >= 0.3 is 5.97 Å². The van der Waals surface area contributed by atoms with Crippen LogP contribution in [0.1, 0.15) is 59.8 Å². The van der Waals surface area contributed by atoms with E-state index in [0.29, 0.717) is 17.9 Å². The number of Topliss-reactive ketones (excluding diaryl/α,β-unsaturated/α-hetero) is 1. The molecule has 1 N–H and O–H groups in total. The van der Waals surface area contributed by atoms with E-state index in [0.717, 1.165) is 34.5 Å². The number of ether oxygens (including phenoxy) is 1. The molecule has 1 unspecified atom stereocenters. The van der Waals surface area contributed by atoms with E-state index in [-0.39, 0.29) is 23.1 Å². The molecule has 1 aromatic carbocycles. The largest absolute Gasteiger partial charge is 0.465 e. The van der Waals surface area contributed by atoms with Gasteiger partial charge in [-0.05, 0) is 36.5 Å². The molecule has 0 saturated heterocycles. The van der Waals surface area contributed by atoms with Crippen molar-refractivity contribution in [1.29, 1.82) is 0 Å². The van der Waals surface area contributed by atoms with Crippen LogP contribution in [0.15, 0.2) is 40.1 Å². The Bertz CT molecular complexity index is 967. The van der Waals surface area contributed by atoms with E-state index >= 15 is 0 Å². The Morgan fingerprint density at radius 1 is 1.26 bits per heavy atom. The summed E-state index contributed by atoms with van der Waals surface area (Å²) in [7, 11) is 1.36. The van der Waals surface area contributed by atoms with Crippen LogP contribution in [0.3, 0.4) is 0 Å². The van der Waals surface area contributed by atoms with Crippen LogP contribution in [0.5, 0.6) is 0 Å². The second-order valence-corrected chi connectivity index (χ2v) is 8.02. The molecule has 6 nitrogen and oxygen atoms in total. The number of nitrogens with one attached hydrogen (secondary N) is 1. The van der Waals surface area contributed by atoms with Gasteiger partial charge in [-0.1, -0.05) is 31.1 Å². The lowest BCUT2D eigenvalue weighted by Crippen LogP contribution is -2.33. The van der Waals surface area contributed by atoms with Crippen LogP contribution >= 0.6 is 0 Å². The monoisotopic (exact) mass is 366 g/mol. The van der Waals surface area contributed by atoms with Crippen LogP contribution < -0.4 is 5.32 Å². The fourth-order valence-electron chi connectivity index (χ4n) is 4.13. The van der Waals surface area contributed by atoms with Crippen molar-refractivity contribution in [3.63, 3.8) is 0 Å². The highest BCUT2D eigenvalue weighted by Gasteiger charge is 2.42. The van der Waals surface area contributed by atoms with Gasteiger partial charge in [0.15, 0.2) is 5.78 Å². The molecule has 2 aromatic rings. The van der Waals surface area contributed by atoms with Crippen molar-refractivity contribution in [1.82, 2.24) is 5.16 Å². The number of hydrogen-bond donors (Lipinski definition) is 1. The lowest BCUT2D eigenvalue weighted by Gasteiger charge is -2.37. The molecule has 140 valence electrons. The van der Waals surface area contributed by atoms with E-state index < -0.39 is 0 Å². The molecule has 2 aliphatic rings. The van der Waals surface area contributed by atoms with Crippen molar-refractivity contribution in [2.24, 2.45) is 5.41 Å². The third kappa shape index (κ3) is 2.85. The van der Waals surface area contributed by atoms with Crippen molar-refractivity contribution in [2.75, 3.05) is 12.4 Å². The maximum absolute atomic E-state index is 13.1. The number of anilines is 1. The predicted octanol–water partition coefficient (Wildman–Crippen LogP) is 3.97. The average molecular weight is 366 g/mol. The van der Waals surface area contributed by atoms with Crippen LogP contribution in [0.4, 0.5) is 5.88 Å². The molecule has 0 radical (unpaired) electrons. The van der Waals surface area contributed by atoms with Crippen LogP contribution in [-0.2, 0) is 9.53 Å². The SMILES string of the molecule is COC(=O)c1ccc(C2C3=C(CC(C)(C)CC3=O)Nc3onc(C)c32)cc1. The number of ketones is 1. The normalized spacial score (nSPS) is 20.6. The number of allylic oxidation sites excluding steroid dienone is 2. The summed E-state index contributed by atoms with van der Waals surface area (Å²) < 4.78 is 10.3. The van der Waals surface area contributed by atoms with Gasteiger partial charge in [-0.15, -0.1) is 0 Å². The predicted molar refractivity (Wildman–Crippen MR) is 99.5 cm³/mol. The van der Waals surface area contributed by atoms with Crippen molar-refractivity contribution >= 4 is 17.6 Å². The van der Waals surface area contributed by atoms with Crippen LogP contribution in [-0.4, -0.2) is 24.0 Å². The van der Waals surface area contributed by atoms with E-state index in [1.54, 1.807) is 12.1 Å². The smallest absolute Gasteiger partial charge is 0.337 e. The Labute approximate surface area is 157 Å². The molecule has 0 amide bonds. The molecule has 0 bridgehead atoms. The highest BCUT2D eigenvalue weighted by Crippen LogP contribution is 2.49. The van der Waals surface area contributed by atoms with E-state index in [4.69, 9.17) is 9.26 Å². The first-order valence-electron chi connectivity index (χ1n) is 8.98. The minimum Gasteiger partial charge on any atom is -0.465 e. The first-order chi connectivity index (χ1) is 12.8. The molecule has 6 heteroatoms. The first-order valence-corrected chi connectivity index (χ1v) is 8.98. The first kappa shape index (κ1) is 17.5. The van der Waals surface area contributed by atoms with Gasteiger partial charge in [0, 0.05) is 23.6 Å². The molecule has 0 saturated carbocycles. The second kappa shape index (κ2) is 6.08. The zero-order chi connectivity index (χ0) is 19.3. The van der Waals surface area contributed by atoms with Gasteiger partial charge < -0.3 is 14.6 Å². The van der Waals surface area contributed by atoms with Gasteiger partial charge in [-0.3, -0.25) is 4.79 Å². The number of aromatic nitrogens is 1. The standard InChI is InChI=1S/C21H22N2O4/c1-11-16-17(12-5-7-13(8-6-12)20(25)26-4)18-14(22-19(16)27-23-11)9-21(2,3)10-15(18)24/h5-8,17,22H,9-10H2,1-4H3. The molecule has 0 fully saturated rings. The highest BCUT2D eigenvalue weighted by molar-refractivity contribution is 6.01. The number of rotatable bonds is 2. The van der Waals surface area contributed by atoms with Crippen LogP contribution in [0.25, 0.3) is 0 Å². The van der Waals surface area contributed by atoms with Gasteiger partial charge in [0.1, 0.15) is 0 Å². The fraction of sp³-hybridized carbons (Fsp3) is 0.381. The summed E-state index contributed by atoms with van der Waals surface area (Å²) >= 11 is 0. The number of fused-ring (bicyclic) bond motifs is 1. The fourth-order valence-corrected chi connectivity index (χ4v) is 4.13. The topological polar surface area (TPSA) is 81.4 Å². The van der Waals surface area contributed by atoms with Crippen LogP contribution in [0.2, 0.25) is 0 Å². The van der Waals surface area contributed by atoms with Gasteiger partial charge in [0.05, 0.1) is 23.9 Å². The average Bonchev–Trinajstić information content (AvgIpc) is 2.99. The number of nitrogens with zero attached hydrogens (tertiary/aromatic N) is 1. The molecule has 0 spiro atoms. The molecule has 4 rings (SSSR count). The lowest BCUT2D eigenvalue weighted by atomic mass is 9.69. The summed E-state index contributed by atoms with van der Waals surface area (Å²) in [5, 5.41) is 7.40. The maximum atomic E-state index is 13.1. The summed E-state index contributed by atoms with van der Waals surface area (Å²) in [4.78, 5) is 24.8. The number of methoxy groups -OCH3 is 1. The van der Waals surface area contributed by atoms with E-state index in [9.17, 15) is 9.59 Å². The third-order valence-electron chi connectivity index (χ3n) is 5.34. The Morgan fingerprint density at radius 2 is 1.96 bits per heavy atom. The molecule has 1 aromatic heterocycles. The summed E-state index contributed by atoms with van der Waals surface area (Å²) in [5.74, 6) is 0.0998. The molecule has 1 atom stereocenters. The van der Waals surface area contributed by atoms with Gasteiger partial charge in [-0.25, -0.2) is 4.79 Å². The molecule has 27 heavy (non-hydrogen) atoms. The van der Waals surface area contributed by atoms with Crippen molar-refractivity contribution < 1.29 is 18.8 Å². The molecule has 1 aliphatic carbocycles. The molecular formula is C21H22N2O4. The Morgan fingerprint density at radius 3 is 2.63 bits per heavy atom. The number of aryl methyl sites for hydroxylation is 1. The van der Waals surface area contributed by atoms with Crippen molar-refractivity contribution in [2.45, 2.75) is 39.5 Å². The minimum atomic E-state index is -0.385. The number of carbonyl (C=O) groups excluding carboxylic acids is 2. The lowest BCUT2D eigenvalue weighted by molar-refractivity contribution is -0.118. The van der Waals surface area contributed by atoms with E-state index in [2.05, 4.69) is 24.3 Å². The zero-order valence-electron chi connectivity index (χ0n) is 15.9. The molecule has 1 aliphatic heterocycles. The van der Waals surface area contributed by atoms with Gasteiger partial charge in [0.2, 0.25) is 5.88 Å². The van der Waals surface area contributed by atoms with Crippen LogP contribution in [0, 0.1) is 12.3 Å². The minimum absolute atomic E-state index is 0.102. The Hall–Kier alpha value is -2.89. The van der Waals surface area contributed by atoms with Crippen molar-refractivity contribution in [3.8, 4) is 0 Å².